The van der Waals surface area contributed by atoms with Crippen molar-refractivity contribution in [2.45, 2.75) is 40.0 Å². The van der Waals surface area contributed by atoms with Crippen LogP contribution in [0.5, 0.6) is 5.75 Å². The van der Waals surface area contributed by atoms with E-state index in [1.54, 1.807) is 6.92 Å². The second-order valence-electron chi connectivity index (χ2n) is 4.70. The number of aromatic nitrogens is 2. The Morgan fingerprint density at radius 3 is 2.85 bits per heavy atom. The van der Waals surface area contributed by atoms with Crippen molar-refractivity contribution in [3.63, 3.8) is 0 Å². The minimum Gasteiger partial charge on any atom is -0.487 e. The molecule has 4 nitrogen and oxygen atoms in total. The summed E-state index contributed by atoms with van der Waals surface area (Å²) in [7, 11) is 0. The molecule has 1 N–H and O–H groups in total. The van der Waals surface area contributed by atoms with Gasteiger partial charge in [-0.05, 0) is 54.4 Å². The molecule has 0 unspecified atom stereocenters. The van der Waals surface area contributed by atoms with Gasteiger partial charge < -0.3 is 9.84 Å². The second kappa shape index (κ2) is 6.41. The van der Waals surface area contributed by atoms with Crippen LogP contribution in [0, 0.1) is 6.92 Å². The van der Waals surface area contributed by atoms with Crippen molar-refractivity contribution in [1.29, 1.82) is 0 Å². The average Bonchev–Trinajstić information content (AvgIpc) is 2.72. The summed E-state index contributed by atoms with van der Waals surface area (Å²) >= 11 is 3.55. The lowest BCUT2D eigenvalue weighted by molar-refractivity contribution is 0.198. The predicted octanol–water partition coefficient (Wildman–Crippen LogP) is 3.61. The fourth-order valence-corrected chi connectivity index (χ4v) is 2.42. The van der Waals surface area contributed by atoms with Gasteiger partial charge >= 0.3 is 0 Å². The number of aliphatic hydroxyl groups is 1. The van der Waals surface area contributed by atoms with E-state index in [2.05, 4.69) is 28.0 Å². The van der Waals surface area contributed by atoms with Gasteiger partial charge in [0.15, 0.2) is 0 Å². The van der Waals surface area contributed by atoms with Crippen LogP contribution < -0.4 is 4.74 Å². The quantitative estimate of drug-likeness (QED) is 0.905. The largest absolute Gasteiger partial charge is 0.487 e. The maximum atomic E-state index is 9.59. The smallest absolute Gasteiger partial charge is 0.131 e. The number of halogens is 1. The van der Waals surface area contributed by atoms with E-state index >= 15 is 0 Å². The lowest BCUT2D eigenvalue weighted by Gasteiger charge is -2.11. The summed E-state index contributed by atoms with van der Waals surface area (Å²) in [5, 5.41) is 14.0. The fourth-order valence-electron chi connectivity index (χ4n) is 2.02. The monoisotopic (exact) mass is 338 g/mol. The Morgan fingerprint density at radius 2 is 2.20 bits per heavy atom. The minimum atomic E-state index is -0.492. The number of benzene rings is 1. The first-order valence-corrected chi connectivity index (χ1v) is 7.44. The number of rotatable bonds is 5. The molecular formula is C15H19BrN2O2. The molecule has 0 radical (unpaired) electrons. The van der Waals surface area contributed by atoms with Crippen molar-refractivity contribution in [2.75, 3.05) is 0 Å². The van der Waals surface area contributed by atoms with E-state index in [4.69, 9.17) is 4.74 Å². The van der Waals surface area contributed by atoms with Gasteiger partial charge in [0, 0.05) is 6.54 Å². The van der Waals surface area contributed by atoms with Crippen LogP contribution in [0.3, 0.4) is 0 Å². The highest BCUT2D eigenvalue weighted by Crippen LogP contribution is 2.24. The molecule has 1 aromatic heterocycles. The van der Waals surface area contributed by atoms with Gasteiger partial charge in [-0.1, -0.05) is 12.1 Å². The highest BCUT2D eigenvalue weighted by molar-refractivity contribution is 9.10. The topological polar surface area (TPSA) is 47.3 Å². The summed E-state index contributed by atoms with van der Waals surface area (Å²) in [6, 6.07) is 7.51. The molecule has 1 atom stereocenters. The molecule has 0 amide bonds. The van der Waals surface area contributed by atoms with E-state index in [0.717, 1.165) is 33.7 Å². The van der Waals surface area contributed by atoms with Crippen molar-refractivity contribution >= 4 is 15.9 Å². The molecule has 1 heterocycles. The lowest BCUT2D eigenvalue weighted by atomic mass is 10.1. The van der Waals surface area contributed by atoms with Crippen molar-refractivity contribution in [3.8, 4) is 5.75 Å². The average molecular weight is 339 g/mol. The Bertz CT molecular complexity index is 594. The number of ether oxygens (including phenoxy) is 1. The summed E-state index contributed by atoms with van der Waals surface area (Å²) < 4.78 is 8.74. The molecule has 0 aliphatic heterocycles. The summed E-state index contributed by atoms with van der Waals surface area (Å²) in [5.41, 5.74) is 2.83. The summed E-state index contributed by atoms with van der Waals surface area (Å²) in [4.78, 5) is 0. The molecule has 5 heteroatoms. The van der Waals surface area contributed by atoms with E-state index in [1.807, 2.05) is 35.9 Å². The Balaban J connectivity index is 2.15. The van der Waals surface area contributed by atoms with E-state index in [-0.39, 0.29) is 0 Å². The Kier molecular flexibility index (Phi) is 4.83. The molecule has 0 aliphatic carbocycles. The first-order chi connectivity index (χ1) is 9.52. The molecule has 0 aliphatic rings. The number of nitrogens with zero attached hydrogens (tertiary/aromatic N) is 2. The third-order valence-electron chi connectivity index (χ3n) is 3.17. The van der Waals surface area contributed by atoms with Gasteiger partial charge in [0.05, 0.1) is 22.0 Å². The number of aliphatic hydroxyl groups excluding tert-OH is 1. The molecular weight excluding hydrogens is 320 g/mol. The minimum absolute atomic E-state index is 0.443. The second-order valence-corrected chi connectivity index (χ2v) is 5.49. The summed E-state index contributed by atoms with van der Waals surface area (Å²) in [6.45, 7) is 7.01. The van der Waals surface area contributed by atoms with Gasteiger partial charge in [0.1, 0.15) is 12.4 Å². The number of hydrogen-bond acceptors (Lipinski definition) is 3. The van der Waals surface area contributed by atoms with E-state index < -0.39 is 6.10 Å². The standard InChI is InChI=1S/C15H19BrN2O2/c1-4-18-14(15(16)10(2)17-18)9-20-13-7-5-6-12(8-13)11(3)19/h5-8,11,19H,4,9H2,1-3H3/t11-/m1/s1. The molecule has 2 aromatic rings. The highest BCUT2D eigenvalue weighted by Gasteiger charge is 2.12. The van der Waals surface area contributed by atoms with Crippen LogP contribution in [0.2, 0.25) is 0 Å². The maximum absolute atomic E-state index is 9.59. The molecule has 0 spiro atoms. The zero-order chi connectivity index (χ0) is 14.7. The van der Waals surface area contributed by atoms with Crippen LogP contribution in [-0.4, -0.2) is 14.9 Å². The van der Waals surface area contributed by atoms with E-state index in [1.165, 1.54) is 0 Å². The zero-order valence-corrected chi connectivity index (χ0v) is 13.5. The Morgan fingerprint density at radius 1 is 1.45 bits per heavy atom. The van der Waals surface area contributed by atoms with Crippen molar-refractivity contribution < 1.29 is 9.84 Å². The Hall–Kier alpha value is -1.33. The van der Waals surface area contributed by atoms with Crippen LogP contribution >= 0.6 is 15.9 Å². The first kappa shape index (κ1) is 15.1. The molecule has 0 fully saturated rings. The molecule has 0 saturated carbocycles. The Labute approximate surface area is 127 Å². The van der Waals surface area contributed by atoms with Gasteiger partial charge in [0.25, 0.3) is 0 Å². The molecule has 20 heavy (non-hydrogen) atoms. The molecule has 2 rings (SSSR count). The normalized spacial score (nSPS) is 12.4. The third-order valence-corrected chi connectivity index (χ3v) is 4.20. The SMILES string of the molecule is CCn1nc(C)c(Br)c1COc1cccc([C@@H](C)O)c1. The van der Waals surface area contributed by atoms with Crippen LogP contribution in [-0.2, 0) is 13.2 Å². The highest BCUT2D eigenvalue weighted by atomic mass is 79.9. The lowest BCUT2D eigenvalue weighted by Crippen LogP contribution is -2.06. The van der Waals surface area contributed by atoms with Crippen LogP contribution in [0.15, 0.2) is 28.7 Å². The van der Waals surface area contributed by atoms with Crippen molar-refractivity contribution in [1.82, 2.24) is 9.78 Å². The van der Waals surface area contributed by atoms with Crippen LogP contribution in [0.25, 0.3) is 0 Å². The van der Waals surface area contributed by atoms with Crippen LogP contribution in [0.4, 0.5) is 0 Å². The predicted molar refractivity (Wildman–Crippen MR) is 81.7 cm³/mol. The molecule has 108 valence electrons. The third kappa shape index (κ3) is 3.22. The van der Waals surface area contributed by atoms with Gasteiger partial charge in [-0.15, -0.1) is 0 Å². The van der Waals surface area contributed by atoms with E-state index in [9.17, 15) is 5.11 Å². The van der Waals surface area contributed by atoms with Gasteiger partial charge in [-0.3, -0.25) is 4.68 Å². The maximum Gasteiger partial charge on any atom is 0.131 e. The molecule has 0 bridgehead atoms. The van der Waals surface area contributed by atoms with Gasteiger partial charge in [-0.25, -0.2) is 0 Å². The first-order valence-electron chi connectivity index (χ1n) is 6.65. The van der Waals surface area contributed by atoms with Gasteiger partial charge in [-0.2, -0.15) is 5.10 Å². The summed E-state index contributed by atoms with van der Waals surface area (Å²) in [5.74, 6) is 0.747. The summed E-state index contributed by atoms with van der Waals surface area (Å²) in [6.07, 6.45) is -0.492. The zero-order valence-electron chi connectivity index (χ0n) is 11.9. The molecule has 0 saturated heterocycles. The number of hydrogen-bond donors (Lipinski definition) is 1. The van der Waals surface area contributed by atoms with Crippen LogP contribution in [0.1, 0.15) is 36.9 Å². The number of aryl methyl sites for hydroxylation is 2. The molecule has 1 aromatic carbocycles. The van der Waals surface area contributed by atoms with E-state index in [0.29, 0.717) is 6.61 Å². The van der Waals surface area contributed by atoms with Crippen molar-refractivity contribution in [3.05, 3.63) is 45.7 Å². The fraction of sp³-hybridized carbons (Fsp3) is 0.400. The van der Waals surface area contributed by atoms with Crippen molar-refractivity contribution in [2.24, 2.45) is 0 Å². The van der Waals surface area contributed by atoms with Gasteiger partial charge in [0.2, 0.25) is 0 Å².